The normalized spacial score (nSPS) is 12.4. The van der Waals surface area contributed by atoms with Crippen molar-refractivity contribution in [2.75, 3.05) is 0 Å². The van der Waals surface area contributed by atoms with Gasteiger partial charge >= 0.3 is 0 Å². The van der Waals surface area contributed by atoms with E-state index >= 15 is 0 Å². The first-order valence-corrected chi connectivity index (χ1v) is 6.43. The van der Waals surface area contributed by atoms with Crippen LogP contribution in [0.2, 0.25) is 0 Å². The third kappa shape index (κ3) is 2.58. The van der Waals surface area contributed by atoms with Crippen LogP contribution in [0.25, 0.3) is 0 Å². The minimum absolute atomic E-state index is 0.685. The highest BCUT2D eigenvalue weighted by molar-refractivity contribution is 14.1. The number of hydrogen-bond donors (Lipinski definition) is 1. The van der Waals surface area contributed by atoms with Gasteiger partial charge in [-0.1, -0.05) is 15.9 Å². The Balaban J connectivity index is 2.41. The molecule has 0 aliphatic rings. The minimum atomic E-state index is -0.703. The molecule has 1 aromatic heterocycles. The quantitative estimate of drug-likeness (QED) is 0.802. The van der Waals surface area contributed by atoms with Crippen molar-refractivity contribution in [1.82, 2.24) is 9.97 Å². The van der Waals surface area contributed by atoms with Gasteiger partial charge in [0.2, 0.25) is 0 Å². The van der Waals surface area contributed by atoms with Crippen LogP contribution in [-0.4, -0.2) is 15.1 Å². The van der Waals surface area contributed by atoms with E-state index in [0.29, 0.717) is 5.56 Å². The Hall–Kier alpha value is -0.530. The van der Waals surface area contributed by atoms with Crippen molar-refractivity contribution in [3.63, 3.8) is 0 Å². The molecule has 0 saturated carbocycles. The first-order chi connectivity index (χ1) is 7.68. The number of rotatable bonds is 2. The molecule has 0 spiro atoms. The fourth-order valence-corrected chi connectivity index (χ4v) is 2.33. The second kappa shape index (κ2) is 5.20. The summed E-state index contributed by atoms with van der Waals surface area (Å²) in [6.07, 6.45) is 3.97. The van der Waals surface area contributed by atoms with Crippen LogP contribution >= 0.6 is 38.5 Å². The SMILES string of the molecule is OC(c1cncnc1)c1cc(I)ccc1Br. The molecule has 5 heteroatoms. The average molecular weight is 391 g/mol. The predicted molar refractivity (Wildman–Crippen MR) is 73.0 cm³/mol. The summed E-state index contributed by atoms with van der Waals surface area (Å²) in [5.74, 6) is 0. The largest absolute Gasteiger partial charge is 0.383 e. The summed E-state index contributed by atoms with van der Waals surface area (Å²) < 4.78 is 1.95. The molecule has 1 aromatic carbocycles. The summed E-state index contributed by atoms with van der Waals surface area (Å²) in [6, 6.07) is 5.83. The van der Waals surface area contributed by atoms with Gasteiger partial charge in [0.25, 0.3) is 0 Å². The maximum atomic E-state index is 10.2. The highest BCUT2D eigenvalue weighted by atomic mass is 127. The molecule has 1 N–H and O–H groups in total. The lowest BCUT2D eigenvalue weighted by atomic mass is 10.0. The number of nitrogens with zero attached hydrogens (tertiary/aromatic N) is 2. The minimum Gasteiger partial charge on any atom is -0.383 e. The second-order valence-corrected chi connectivity index (χ2v) is 5.34. The summed E-state index contributed by atoms with van der Waals surface area (Å²) in [5.41, 5.74) is 1.51. The molecule has 3 nitrogen and oxygen atoms in total. The van der Waals surface area contributed by atoms with Crippen LogP contribution in [0.15, 0.2) is 41.4 Å². The molecular formula is C11H8BrIN2O. The van der Waals surface area contributed by atoms with E-state index < -0.39 is 6.10 Å². The lowest BCUT2D eigenvalue weighted by Crippen LogP contribution is -2.02. The predicted octanol–water partition coefficient (Wildman–Crippen LogP) is 2.93. The maximum absolute atomic E-state index is 10.2. The van der Waals surface area contributed by atoms with Crippen molar-refractivity contribution >= 4 is 38.5 Å². The van der Waals surface area contributed by atoms with Crippen LogP contribution in [0.3, 0.4) is 0 Å². The maximum Gasteiger partial charge on any atom is 0.115 e. The van der Waals surface area contributed by atoms with Gasteiger partial charge in [-0.25, -0.2) is 9.97 Å². The van der Waals surface area contributed by atoms with E-state index in [4.69, 9.17) is 0 Å². The standard InChI is InChI=1S/C11H8BrIN2O/c12-10-2-1-8(13)3-9(10)11(16)7-4-14-6-15-5-7/h1-6,11,16H. The van der Waals surface area contributed by atoms with E-state index in [1.807, 2.05) is 18.2 Å². The Morgan fingerprint density at radius 1 is 1.25 bits per heavy atom. The van der Waals surface area contributed by atoms with Gasteiger partial charge in [0.05, 0.1) is 0 Å². The Labute approximate surface area is 115 Å². The summed E-state index contributed by atoms with van der Waals surface area (Å²) in [4.78, 5) is 7.79. The number of benzene rings is 1. The first-order valence-electron chi connectivity index (χ1n) is 4.56. The van der Waals surface area contributed by atoms with Gasteiger partial charge in [-0.3, -0.25) is 0 Å². The molecule has 1 atom stereocenters. The van der Waals surface area contributed by atoms with Gasteiger partial charge in [0.1, 0.15) is 12.4 Å². The second-order valence-electron chi connectivity index (χ2n) is 3.24. The molecule has 0 aliphatic carbocycles. The van der Waals surface area contributed by atoms with Crippen LogP contribution in [0.5, 0.6) is 0 Å². The van der Waals surface area contributed by atoms with E-state index in [1.54, 1.807) is 12.4 Å². The van der Waals surface area contributed by atoms with Gasteiger partial charge in [-0.05, 0) is 40.8 Å². The molecule has 1 heterocycles. The molecule has 0 radical (unpaired) electrons. The Kier molecular flexibility index (Phi) is 3.88. The third-order valence-electron chi connectivity index (χ3n) is 2.15. The number of aliphatic hydroxyl groups is 1. The van der Waals surface area contributed by atoms with Crippen LogP contribution in [0, 0.1) is 3.57 Å². The van der Waals surface area contributed by atoms with Gasteiger partial charge in [-0.2, -0.15) is 0 Å². The van der Waals surface area contributed by atoms with E-state index in [9.17, 15) is 5.11 Å². The van der Waals surface area contributed by atoms with Crippen molar-refractivity contribution in [3.8, 4) is 0 Å². The Morgan fingerprint density at radius 2 is 1.94 bits per heavy atom. The number of aromatic nitrogens is 2. The van der Waals surface area contributed by atoms with Crippen molar-refractivity contribution in [1.29, 1.82) is 0 Å². The fraction of sp³-hybridized carbons (Fsp3) is 0.0909. The molecule has 0 saturated heterocycles. The molecule has 0 aliphatic heterocycles. The summed E-state index contributed by atoms with van der Waals surface area (Å²) in [6.45, 7) is 0. The van der Waals surface area contributed by atoms with Crippen molar-refractivity contribution in [2.24, 2.45) is 0 Å². The molecule has 2 rings (SSSR count). The van der Waals surface area contributed by atoms with Crippen molar-refractivity contribution in [3.05, 3.63) is 56.1 Å². The van der Waals surface area contributed by atoms with Crippen LogP contribution in [-0.2, 0) is 0 Å². The van der Waals surface area contributed by atoms with Crippen molar-refractivity contribution < 1.29 is 5.11 Å². The highest BCUT2D eigenvalue weighted by Gasteiger charge is 2.14. The van der Waals surface area contributed by atoms with Crippen LogP contribution in [0.4, 0.5) is 0 Å². The molecule has 0 fully saturated rings. The van der Waals surface area contributed by atoms with Crippen LogP contribution in [0.1, 0.15) is 17.2 Å². The van der Waals surface area contributed by atoms with Gasteiger partial charge < -0.3 is 5.11 Å². The van der Waals surface area contributed by atoms with E-state index in [2.05, 4.69) is 48.5 Å². The van der Waals surface area contributed by atoms with Crippen molar-refractivity contribution in [2.45, 2.75) is 6.10 Å². The molecule has 1 unspecified atom stereocenters. The van der Waals surface area contributed by atoms with Gasteiger partial charge in [-0.15, -0.1) is 0 Å². The topological polar surface area (TPSA) is 46.0 Å². The third-order valence-corrected chi connectivity index (χ3v) is 3.54. The highest BCUT2D eigenvalue weighted by Crippen LogP contribution is 2.29. The molecule has 2 aromatic rings. The Bertz CT molecular complexity index is 493. The zero-order valence-electron chi connectivity index (χ0n) is 8.14. The van der Waals surface area contributed by atoms with E-state index in [0.717, 1.165) is 13.6 Å². The Morgan fingerprint density at radius 3 is 2.62 bits per heavy atom. The van der Waals surface area contributed by atoms with E-state index in [1.165, 1.54) is 6.33 Å². The molecule has 0 bridgehead atoms. The van der Waals surface area contributed by atoms with Gasteiger partial charge in [0.15, 0.2) is 0 Å². The summed E-state index contributed by atoms with van der Waals surface area (Å²) in [7, 11) is 0. The number of aliphatic hydroxyl groups excluding tert-OH is 1. The lowest BCUT2D eigenvalue weighted by Gasteiger charge is -2.12. The zero-order valence-corrected chi connectivity index (χ0v) is 11.9. The number of hydrogen-bond acceptors (Lipinski definition) is 3. The van der Waals surface area contributed by atoms with E-state index in [-0.39, 0.29) is 0 Å². The van der Waals surface area contributed by atoms with Gasteiger partial charge in [0, 0.05) is 31.6 Å². The zero-order chi connectivity index (χ0) is 11.5. The lowest BCUT2D eigenvalue weighted by molar-refractivity contribution is 0.218. The molecular weight excluding hydrogens is 383 g/mol. The first kappa shape index (κ1) is 11.9. The van der Waals surface area contributed by atoms with Crippen LogP contribution < -0.4 is 0 Å². The molecule has 82 valence electrons. The molecule has 16 heavy (non-hydrogen) atoms. The fourth-order valence-electron chi connectivity index (χ4n) is 1.36. The summed E-state index contributed by atoms with van der Waals surface area (Å²) in [5, 5.41) is 10.2. The average Bonchev–Trinajstić information content (AvgIpc) is 2.32. The number of halogens is 2. The smallest absolute Gasteiger partial charge is 0.115 e. The molecule has 0 amide bonds. The monoisotopic (exact) mass is 390 g/mol. The summed E-state index contributed by atoms with van der Waals surface area (Å²) >= 11 is 5.64.